The second-order valence-corrected chi connectivity index (χ2v) is 5.67. The van der Waals surface area contributed by atoms with Crippen molar-refractivity contribution in [2.45, 2.75) is 32.2 Å². The number of hydrogen-bond acceptors (Lipinski definition) is 2. The first-order valence-corrected chi connectivity index (χ1v) is 6.72. The molecule has 1 aromatic rings. The van der Waals surface area contributed by atoms with Crippen molar-refractivity contribution in [3.63, 3.8) is 0 Å². The standard InChI is InChI=1S/C13H17BrFNO/c1-8(16)4-10-5-11(15)6-12(14)13(10)17-7-9-2-3-9/h5-6,8-9H,2-4,7,16H2,1H3. The van der Waals surface area contributed by atoms with Gasteiger partial charge in [-0.15, -0.1) is 0 Å². The average Bonchev–Trinajstić information content (AvgIpc) is 2.98. The van der Waals surface area contributed by atoms with Crippen LogP contribution < -0.4 is 10.5 Å². The van der Waals surface area contributed by atoms with Crippen LogP contribution in [0.2, 0.25) is 0 Å². The van der Waals surface area contributed by atoms with Gasteiger partial charge in [0, 0.05) is 6.04 Å². The summed E-state index contributed by atoms with van der Waals surface area (Å²) < 4.78 is 19.8. The molecule has 0 heterocycles. The maximum Gasteiger partial charge on any atom is 0.136 e. The van der Waals surface area contributed by atoms with Gasteiger partial charge in [0.25, 0.3) is 0 Å². The van der Waals surface area contributed by atoms with E-state index >= 15 is 0 Å². The number of rotatable bonds is 5. The van der Waals surface area contributed by atoms with Crippen LogP contribution >= 0.6 is 15.9 Å². The van der Waals surface area contributed by atoms with E-state index in [0.717, 1.165) is 17.9 Å². The number of benzene rings is 1. The molecule has 1 aromatic carbocycles. The Bertz CT molecular complexity index is 405. The molecule has 94 valence electrons. The van der Waals surface area contributed by atoms with E-state index in [1.54, 1.807) is 0 Å². The van der Waals surface area contributed by atoms with E-state index < -0.39 is 0 Å². The summed E-state index contributed by atoms with van der Waals surface area (Å²) in [5.74, 6) is 1.16. The van der Waals surface area contributed by atoms with Crippen molar-refractivity contribution in [1.29, 1.82) is 0 Å². The van der Waals surface area contributed by atoms with Crippen molar-refractivity contribution in [3.8, 4) is 5.75 Å². The van der Waals surface area contributed by atoms with Gasteiger partial charge >= 0.3 is 0 Å². The Hall–Kier alpha value is -0.610. The summed E-state index contributed by atoms with van der Waals surface area (Å²) in [5, 5.41) is 0. The van der Waals surface area contributed by atoms with Crippen molar-refractivity contribution in [2.75, 3.05) is 6.61 Å². The zero-order valence-electron chi connectivity index (χ0n) is 9.88. The molecular formula is C13H17BrFNO. The Morgan fingerprint density at radius 3 is 2.82 bits per heavy atom. The highest BCUT2D eigenvalue weighted by Gasteiger charge is 2.23. The van der Waals surface area contributed by atoms with E-state index in [1.165, 1.54) is 25.0 Å². The minimum atomic E-state index is -0.258. The van der Waals surface area contributed by atoms with Gasteiger partial charge in [0.15, 0.2) is 0 Å². The molecule has 2 nitrogen and oxygen atoms in total. The minimum Gasteiger partial charge on any atom is -0.492 e. The molecule has 1 unspecified atom stereocenters. The van der Waals surface area contributed by atoms with E-state index in [0.29, 0.717) is 16.8 Å². The van der Waals surface area contributed by atoms with E-state index in [2.05, 4.69) is 15.9 Å². The fraction of sp³-hybridized carbons (Fsp3) is 0.538. The smallest absolute Gasteiger partial charge is 0.136 e. The molecule has 0 bridgehead atoms. The molecule has 1 fully saturated rings. The molecule has 0 aromatic heterocycles. The molecule has 1 saturated carbocycles. The topological polar surface area (TPSA) is 35.2 Å². The molecular weight excluding hydrogens is 285 g/mol. The average molecular weight is 302 g/mol. The number of hydrogen-bond donors (Lipinski definition) is 1. The maximum absolute atomic E-state index is 13.3. The van der Waals surface area contributed by atoms with Crippen molar-refractivity contribution >= 4 is 15.9 Å². The Labute approximate surface area is 109 Å². The zero-order valence-corrected chi connectivity index (χ0v) is 11.5. The van der Waals surface area contributed by atoms with Gasteiger partial charge in [-0.1, -0.05) is 0 Å². The SMILES string of the molecule is CC(N)Cc1cc(F)cc(Br)c1OCC1CC1. The molecule has 0 radical (unpaired) electrons. The lowest BCUT2D eigenvalue weighted by atomic mass is 10.1. The highest BCUT2D eigenvalue weighted by Crippen LogP contribution is 2.34. The van der Waals surface area contributed by atoms with Crippen LogP contribution in [0, 0.1) is 11.7 Å². The first-order chi connectivity index (χ1) is 8.06. The molecule has 17 heavy (non-hydrogen) atoms. The van der Waals surface area contributed by atoms with Gasteiger partial charge in [0.1, 0.15) is 11.6 Å². The van der Waals surface area contributed by atoms with Crippen LogP contribution in [0.25, 0.3) is 0 Å². The van der Waals surface area contributed by atoms with Crippen molar-refractivity contribution in [1.82, 2.24) is 0 Å². The minimum absolute atomic E-state index is 0.00743. The summed E-state index contributed by atoms with van der Waals surface area (Å²) >= 11 is 3.35. The predicted octanol–water partition coefficient (Wildman–Crippen LogP) is 3.27. The molecule has 4 heteroatoms. The molecule has 0 spiro atoms. The van der Waals surface area contributed by atoms with Crippen LogP contribution in [-0.4, -0.2) is 12.6 Å². The van der Waals surface area contributed by atoms with Gasteiger partial charge in [-0.25, -0.2) is 4.39 Å². The van der Waals surface area contributed by atoms with Gasteiger partial charge in [-0.05, 0) is 65.7 Å². The van der Waals surface area contributed by atoms with Gasteiger partial charge in [0.05, 0.1) is 11.1 Å². The Morgan fingerprint density at radius 2 is 2.24 bits per heavy atom. The highest BCUT2D eigenvalue weighted by atomic mass is 79.9. The molecule has 1 atom stereocenters. The van der Waals surface area contributed by atoms with E-state index in [4.69, 9.17) is 10.5 Å². The van der Waals surface area contributed by atoms with Crippen LogP contribution in [0.1, 0.15) is 25.3 Å². The molecule has 2 rings (SSSR count). The first kappa shape index (κ1) is 12.8. The van der Waals surface area contributed by atoms with E-state index in [-0.39, 0.29) is 11.9 Å². The van der Waals surface area contributed by atoms with E-state index in [9.17, 15) is 4.39 Å². The van der Waals surface area contributed by atoms with E-state index in [1.807, 2.05) is 6.92 Å². The first-order valence-electron chi connectivity index (χ1n) is 5.92. The van der Waals surface area contributed by atoms with Crippen molar-refractivity contribution in [2.24, 2.45) is 11.7 Å². The summed E-state index contributed by atoms with van der Waals surface area (Å²) in [5.41, 5.74) is 6.61. The van der Waals surface area contributed by atoms with Gasteiger partial charge in [-0.2, -0.15) is 0 Å². The Kier molecular flexibility index (Phi) is 4.05. The second kappa shape index (κ2) is 5.36. The van der Waals surface area contributed by atoms with Crippen molar-refractivity contribution in [3.05, 3.63) is 28.0 Å². The third-order valence-electron chi connectivity index (χ3n) is 2.79. The molecule has 0 amide bonds. The van der Waals surface area contributed by atoms with Gasteiger partial charge < -0.3 is 10.5 Å². The summed E-state index contributed by atoms with van der Waals surface area (Å²) in [7, 11) is 0. The molecule has 2 N–H and O–H groups in total. The summed E-state index contributed by atoms with van der Waals surface area (Å²) in [6.45, 7) is 2.62. The monoisotopic (exact) mass is 301 g/mol. The highest BCUT2D eigenvalue weighted by molar-refractivity contribution is 9.10. The number of nitrogens with two attached hydrogens (primary N) is 1. The van der Waals surface area contributed by atoms with Crippen LogP contribution in [0.3, 0.4) is 0 Å². The summed E-state index contributed by atoms with van der Waals surface area (Å²) in [4.78, 5) is 0. The lowest BCUT2D eigenvalue weighted by Crippen LogP contribution is -2.18. The Morgan fingerprint density at radius 1 is 1.53 bits per heavy atom. The van der Waals surface area contributed by atoms with Gasteiger partial charge in [-0.3, -0.25) is 0 Å². The largest absolute Gasteiger partial charge is 0.492 e. The summed E-state index contributed by atoms with van der Waals surface area (Å²) in [6.07, 6.45) is 3.10. The fourth-order valence-corrected chi connectivity index (χ4v) is 2.35. The molecule has 1 aliphatic carbocycles. The normalized spacial score (nSPS) is 16.9. The second-order valence-electron chi connectivity index (χ2n) is 4.81. The predicted molar refractivity (Wildman–Crippen MR) is 69.7 cm³/mol. The van der Waals surface area contributed by atoms with Crippen LogP contribution in [0.4, 0.5) is 4.39 Å². The third kappa shape index (κ3) is 3.68. The van der Waals surface area contributed by atoms with Gasteiger partial charge in [0.2, 0.25) is 0 Å². The summed E-state index contributed by atoms with van der Waals surface area (Å²) in [6, 6.07) is 2.94. The van der Waals surface area contributed by atoms with Crippen molar-refractivity contribution < 1.29 is 9.13 Å². The lowest BCUT2D eigenvalue weighted by Gasteiger charge is -2.15. The molecule has 1 aliphatic rings. The molecule has 0 saturated heterocycles. The number of ether oxygens (including phenoxy) is 1. The Balaban J connectivity index is 2.18. The third-order valence-corrected chi connectivity index (χ3v) is 3.38. The van der Waals surface area contributed by atoms with Crippen LogP contribution in [0.5, 0.6) is 5.75 Å². The maximum atomic E-state index is 13.3. The van der Waals surface area contributed by atoms with Crippen LogP contribution in [-0.2, 0) is 6.42 Å². The lowest BCUT2D eigenvalue weighted by molar-refractivity contribution is 0.294. The fourth-order valence-electron chi connectivity index (χ4n) is 1.76. The number of halogens is 2. The van der Waals surface area contributed by atoms with Crippen LogP contribution in [0.15, 0.2) is 16.6 Å². The zero-order chi connectivity index (χ0) is 12.4. The quantitative estimate of drug-likeness (QED) is 0.906. The molecule has 0 aliphatic heterocycles.